The second-order valence-electron chi connectivity index (χ2n) is 5.35. The number of methoxy groups -OCH3 is 1. The standard InChI is InChI=1S/C16H22N2O3/c1-3-4-11-17-14(19)16(9-10-16)15(20)18-12-7-5-6-8-13(12)21-2/h5-8H,3-4,9-11H2,1-2H3,(H,17,19)(H,18,20). The molecule has 2 N–H and O–H groups in total. The molecule has 114 valence electrons. The van der Waals surface area contributed by atoms with Crippen molar-refractivity contribution in [2.45, 2.75) is 32.6 Å². The molecule has 0 saturated heterocycles. The largest absolute Gasteiger partial charge is 0.495 e. The topological polar surface area (TPSA) is 67.4 Å². The Morgan fingerprint density at radius 1 is 1.24 bits per heavy atom. The van der Waals surface area contributed by atoms with Crippen molar-refractivity contribution in [2.75, 3.05) is 19.0 Å². The van der Waals surface area contributed by atoms with Crippen molar-refractivity contribution in [3.63, 3.8) is 0 Å². The minimum Gasteiger partial charge on any atom is -0.495 e. The van der Waals surface area contributed by atoms with Crippen LogP contribution in [0.1, 0.15) is 32.6 Å². The third-order valence-corrected chi connectivity index (χ3v) is 3.79. The lowest BCUT2D eigenvalue weighted by Gasteiger charge is -2.16. The third kappa shape index (κ3) is 3.35. The lowest BCUT2D eigenvalue weighted by molar-refractivity contribution is -0.134. The van der Waals surface area contributed by atoms with Gasteiger partial charge in [-0.05, 0) is 31.4 Å². The van der Waals surface area contributed by atoms with E-state index in [1.807, 2.05) is 12.1 Å². The summed E-state index contributed by atoms with van der Waals surface area (Å²) in [6.45, 7) is 2.69. The van der Waals surface area contributed by atoms with E-state index in [2.05, 4.69) is 17.6 Å². The van der Waals surface area contributed by atoms with Crippen LogP contribution in [0, 0.1) is 5.41 Å². The minimum absolute atomic E-state index is 0.164. The highest BCUT2D eigenvalue weighted by atomic mass is 16.5. The molecule has 5 heteroatoms. The third-order valence-electron chi connectivity index (χ3n) is 3.79. The van der Waals surface area contributed by atoms with Crippen LogP contribution in [0.4, 0.5) is 5.69 Å². The molecule has 5 nitrogen and oxygen atoms in total. The first-order valence-electron chi connectivity index (χ1n) is 7.37. The second kappa shape index (κ2) is 6.61. The Balaban J connectivity index is 2.01. The summed E-state index contributed by atoms with van der Waals surface area (Å²) >= 11 is 0. The number of ether oxygens (including phenoxy) is 1. The fourth-order valence-electron chi connectivity index (χ4n) is 2.22. The zero-order chi connectivity index (χ0) is 15.3. The molecule has 0 spiro atoms. The highest BCUT2D eigenvalue weighted by Gasteiger charge is 2.56. The Morgan fingerprint density at radius 2 is 1.95 bits per heavy atom. The number of hydrogen-bond acceptors (Lipinski definition) is 3. The zero-order valence-electron chi connectivity index (χ0n) is 12.6. The molecule has 1 fully saturated rings. The predicted molar refractivity (Wildman–Crippen MR) is 81.2 cm³/mol. The molecule has 0 bridgehead atoms. The van der Waals surface area contributed by atoms with E-state index in [0.29, 0.717) is 30.8 Å². The van der Waals surface area contributed by atoms with E-state index in [4.69, 9.17) is 4.74 Å². The Bertz CT molecular complexity index is 524. The van der Waals surface area contributed by atoms with Gasteiger partial charge in [0.25, 0.3) is 0 Å². The molecule has 2 amide bonds. The smallest absolute Gasteiger partial charge is 0.240 e. The maximum atomic E-state index is 12.4. The molecule has 2 rings (SSSR count). The van der Waals surface area contributed by atoms with Crippen molar-refractivity contribution >= 4 is 17.5 Å². The average Bonchev–Trinajstić information content (AvgIpc) is 3.29. The number of amides is 2. The Labute approximate surface area is 125 Å². The predicted octanol–water partition coefficient (Wildman–Crippen LogP) is 2.33. The molecular weight excluding hydrogens is 268 g/mol. The molecule has 0 unspecified atom stereocenters. The summed E-state index contributed by atoms with van der Waals surface area (Å²) in [6, 6.07) is 7.19. The summed E-state index contributed by atoms with van der Waals surface area (Å²) in [5, 5.41) is 5.66. The van der Waals surface area contributed by atoms with Gasteiger partial charge in [0.1, 0.15) is 11.2 Å². The van der Waals surface area contributed by atoms with Gasteiger partial charge in [-0.25, -0.2) is 0 Å². The molecule has 1 aromatic rings. The highest BCUT2D eigenvalue weighted by Crippen LogP contribution is 2.47. The second-order valence-corrected chi connectivity index (χ2v) is 5.35. The monoisotopic (exact) mass is 290 g/mol. The first-order valence-corrected chi connectivity index (χ1v) is 7.37. The number of carbonyl (C=O) groups is 2. The van der Waals surface area contributed by atoms with Crippen LogP contribution in [0.15, 0.2) is 24.3 Å². The number of nitrogens with one attached hydrogen (secondary N) is 2. The van der Waals surface area contributed by atoms with Crippen molar-refractivity contribution in [1.29, 1.82) is 0 Å². The van der Waals surface area contributed by atoms with E-state index < -0.39 is 5.41 Å². The van der Waals surface area contributed by atoms with Gasteiger partial charge in [-0.15, -0.1) is 0 Å². The van der Waals surface area contributed by atoms with Gasteiger partial charge in [-0.1, -0.05) is 25.5 Å². The number of anilines is 1. The van der Waals surface area contributed by atoms with Crippen molar-refractivity contribution in [3.05, 3.63) is 24.3 Å². The average molecular weight is 290 g/mol. The van der Waals surface area contributed by atoms with Crippen LogP contribution >= 0.6 is 0 Å². The SMILES string of the molecule is CCCCNC(=O)C1(C(=O)Nc2ccccc2OC)CC1. The van der Waals surface area contributed by atoms with Gasteiger partial charge in [-0.2, -0.15) is 0 Å². The molecule has 21 heavy (non-hydrogen) atoms. The first-order chi connectivity index (χ1) is 10.1. The molecule has 1 aromatic carbocycles. The van der Waals surface area contributed by atoms with Gasteiger partial charge in [-0.3, -0.25) is 9.59 Å². The van der Waals surface area contributed by atoms with Crippen LogP contribution in [0.3, 0.4) is 0 Å². The molecular formula is C16H22N2O3. The van der Waals surface area contributed by atoms with Crippen LogP contribution in [-0.2, 0) is 9.59 Å². The number of rotatable bonds is 7. The zero-order valence-corrected chi connectivity index (χ0v) is 12.6. The minimum atomic E-state index is -0.894. The van der Waals surface area contributed by atoms with Crippen LogP contribution in [0.25, 0.3) is 0 Å². The van der Waals surface area contributed by atoms with Gasteiger partial charge in [0.2, 0.25) is 11.8 Å². The molecule has 1 aliphatic rings. The fraction of sp³-hybridized carbons (Fsp3) is 0.500. The van der Waals surface area contributed by atoms with Crippen molar-refractivity contribution in [2.24, 2.45) is 5.41 Å². The summed E-state index contributed by atoms with van der Waals surface area (Å²) in [6.07, 6.45) is 3.15. The summed E-state index contributed by atoms with van der Waals surface area (Å²) in [5.74, 6) is 0.178. The van der Waals surface area contributed by atoms with E-state index in [1.165, 1.54) is 0 Å². The van der Waals surface area contributed by atoms with Gasteiger partial charge in [0, 0.05) is 6.54 Å². The lowest BCUT2D eigenvalue weighted by Crippen LogP contribution is -2.40. The maximum Gasteiger partial charge on any atom is 0.240 e. The van der Waals surface area contributed by atoms with Gasteiger partial charge >= 0.3 is 0 Å². The maximum absolute atomic E-state index is 12.4. The van der Waals surface area contributed by atoms with Crippen LogP contribution in [0.5, 0.6) is 5.75 Å². The quantitative estimate of drug-likeness (QED) is 0.598. The van der Waals surface area contributed by atoms with E-state index in [9.17, 15) is 9.59 Å². The van der Waals surface area contributed by atoms with E-state index >= 15 is 0 Å². The van der Waals surface area contributed by atoms with Crippen molar-refractivity contribution in [3.8, 4) is 5.75 Å². The van der Waals surface area contributed by atoms with E-state index in [1.54, 1.807) is 19.2 Å². The van der Waals surface area contributed by atoms with Gasteiger partial charge in [0.05, 0.1) is 12.8 Å². The molecule has 1 saturated carbocycles. The van der Waals surface area contributed by atoms with Gasteiger partial charge in [0.15, 0.2) is 0 Å². The Hall–Kier alpha value is -2.04. The first kappa shape index (κ1) is 15.4. The number of hydrogen-bond donors (Lipinski definition) is 2. The molecule has 1 aliphatic carbocycles. The van der Waals surface area contributed by atoms with E-state index in [-0.39, 0.29) is 11.8 Å². The van der Waals surface area contributed by atoms with E-state index in [0.717, 1.165) is 12.8 Å². The van der Waals surface area contributed by atoms with Crippen LogP contribution in [0.2, 0.25) is 0 Å². The molecule has 0 atom stereocenters. The normalized spacial score (nSPS) is 15.1. The summed E-state index contributed by atoms with van der Waals surface area (Å²) in [7, 11) is 1.55. The Kier molecular flexibility index (Phi) is 4.83. The number of carbonyl (C=O) groups excluding carboxylic acids is 2. The molecule has 0 aliphatic heterocycles. The molecule has 0 radical (unpaired) electrons. The highest BCUT2D eigenvalue weighted by molar-refractivity contribution is 6.13. The van der Waals surface area contributed by atoms with Crippen LogP contribution in [-0.4, -0.2) is 25.5 Å². The lowest BCUT2D eigenvalue weighted by atomic mass is 10.0. The summed E-state index contributed by atoms with van der Waals surface area (Å²) < 4.78 is 5.20. The molecule has 0 aromatic heterocycles. The Morgan fingerprint density at radius 3 is 2.57 bits per heavy atom. The number of para-hydroxylation sites is 2. The summed E-state index contributed by atoms with van der Waals surface area (Å²) in [5.41, 5.74) is -0.299. The van der Waals surface area contributed by atoms with Crippen molar-refractivity contribution < 1.29 is 14.3 Å². The number of benzene rings is 1. The summed E-state index contributed by atoms with van der Waals surface area (Å²) in [4.78, 5) is 24.6. The van der Waals surface area contributed by atoms with Crippen molar-refractivity contribution in [1.82, 2.24) is 5.32 Å². The van der Waals surface area contributed by atoms with Crippen LogP contribution < -0.4 is 15.4 Å². The van der Waals surface area contributed by atoms with Gasteiger partial charge < -0.3 is 15.4 Å². The fourth-order valence-corrected chi connectivity index (χ4v) is 2.22. The molecule has 0 heterocycles. The number of unbranched alkanes of at least 4 members (excludes halogenated alkanes) is 1.